The first kappa shape index (κ1) is 12.6. The Kier molecular flexibility index (Phi) is 3.05. The number of rotatable bonds is 3. The zero-order valence-corrected chi connectivity index (χ0v) is 11.3. The molecule has 1 saturated carbocycles. The molecule has 1 N–H and O–H groups in total. The van der Waals surface area contributed by atoms with Crippen molar-refractivity contribution in [3.8, 4) is 0 Å². The number of hydrogen-bond donors (Lipinski definition) is 1. The number of halogens is 1. The van der Waals surface area contributed by atoms with Crippen molar-refractivity contribution in [1.82, 2.24) is 10.2 Å². The van der Waals surface area contributed by atoms with Crippen molar-refractivity contribution < 1.29 is 9.18 Å². The quantitative estimate of drug-likeness (QED) is 0.907. The highest BCUT2D eigenvalue weighted by molar-refractivity contribution is 5.85. The Morgan fingerprint density at radius 2 is 2.11 bits per heavy atom. The molecule has 3 nitrogen and oxygen atoms in total. The molecule has 3 rings (SSSR count). The van der Waals surface area contributed by atoms with Gasteiger partial charge < -0.3 is 4.90 Å². The van der Waals surface area contributed by atoms with Crippen molar-refractivity contribution in [2.45, 2.75) is 44.9 Å². The maximum Gasteiger partial charge on any atom is 0.241 e. The summed E-state index contributed by atoms with van der Waals surface area (Å²) in [5.41, 5.74) is 0.836. The van der Waals surface area contributed by atoms with Crippen LogP contribution in [0, 0.1) is 11.7 Å². The van der Waals surface area contributed by atoms with E-state index in [1.807, 2.05) is 24.8 Å². The summed E-state index contributed by atoms with van der Waals surface area (Å²) in [5, 5.41) is 3.36. The molecule has 1 aliphatic carbocycles. The lowest BCUT2D eigenvalue weighted by Gasteiger charge is -2.24. The molecule has 1 saturated heterocycles. The van der Waals surface area contributed by atoms with Gasteiger partial charge in [0.2, 0.25) is 5.91 Å². The molecule has 1 aliphatic heterocycles. The first-order valence-electron chi connectivity index (χ1n) is 6.91. The standard InChI is InChI=1S/C15H19FN2O/c1-9(2)13-15(19)18(12-6-7-12)14(17-13)10-4-3-5-11(16)8-10/h3-5,8-9,12-14,17H,6-7H2,1-2H3. The van der Waals surface area contributed by atoms with Crippen LogP contribution in [-0.2, 0) is 4.79 Å². The summed E-state index contributed by atoms with van der Waals surface area (Å²) >= 11 is 0. The topological polar surface area (TPSA) is 32.3 Å². The van der Waals surface area contributed by atoms with Crippen molar-refractivity contribution in [3.63, 3.8) is 0 Å². The lowest BCUT2D eigenvalue weighted by molar-refractivity contribution is -0.131. The summed E-state index contributed by atoms with van der Waals surface area (Å²) in [5.74, 6) is 0.148. The van der Waals surface area contributed by atoms with E-state index in [0.717, 1.165) is 18.4 Å². The minimum Gasteiger partial charge on any atom is -0.319 e. The molecule has 1 heterocycles. The predicted octanol–water partition coefficient (Wildman–Crippen LogP) is 2.44. The molecular formula is C15H19FN2O. The average molecular weight is 262 g/mol. The SMILES string of the molecule is CC(C)C1NC(c2cccc(F)c2)N(C2CC2)C1=O. The first-order valence-corrected chi connectivity index (χ1v) is 6.91. The van der Waals surface area contributed by atoms with Gasteiger partial charge in [-0.3, -0.25) is 10.1 Å². The molecule has 102 valence electrons. The van der Waals surface area contributed by atoms with Crippen LogP contribution >= 0.6 is 0 Å². The third-order valence-corrected chi connectivity index (χ3v) is 3.91. The van der Waals surface area contributed by atoms with E-state index in [0.29, 0.717) is 6.04 Å². The van der Waals surface area contributed by atoms with Gasteiger partial charge in [0.1, 0.15) is 12.0 Å². The molecule has 0 spiro atoms. The Labute approximate surface area is 112 Å². The summed E-state index contributed by atoms with van der Waals surface area (Å²) in [6.45, 7) is 4.07. The van der Waals surface area contributed by atoms with Crippen LogP contribution in [0.4, 0.5) is 4.39 Å². The first-order chi connectivity index (χ1) is 9.08. The van der Waals surface area contributed by atoms with E-state index in [4.69, 9.17) is 0 Å². The van der Waals surface area contributed by atoms with Gasteiger partial charge in [0.15, 0.2) is 0 Å². The lowest BCUT2D eigenvalue weighted by atomic mass is 10.1. The van der Waals surface area contributed by atoms with E-state index in [1.165, 1.54) is 12.1 Å². The fourth-order valence-electron chi connectivity index (χ4n) is 2.76. The fraction of sp³-hybridized carbons (Fsp3) is 0.533. The van der Waals surface area contributed by atoms with E-state index in [1.54, 1.807) is 6.07 Å². The van der Waals surface area contributed by atoms with Crippen molar-refractivity contribution in [2.24, 2.45) is 5.92 Å². The maximum atomic E-state index is 13.4. The predicted molar refractivity (Wildman–Crippen MR) is 70.8 cm³/mol. The average Bonchev–Trinajstić information content (AvgIpc) is 3.12. The van der Waals surface area contributed by atoms with Crippen molar-refractivity contribution >= 4 is 5.91 Å². The van der Waals surface area contributed by atoms with Gasteiger partial charge in [-0.05, 0) is 36.5 Å². The number of hydrogen-bond acceptors (Lipinski definition) is 2. The summed E-state index contributed by atoms with van der Waals surface area (Å²) in [7, 11) is 0. The molecule has 2 unspecified atom stereocenters. The number of benzene rings is 1. The number of nitrogens with zero attached hydrogens (tertiary/aromatic N) is 1. The second kappa shape index (κ2) is 4.60. The molecule has 1 aromatic carbocycles. The summed E-state index contributed by atoms with van der Waals surface area (Å²) < 4.78 is 13.4. The van der Waals surface area contributed by atoms with Gasteiger partial charge >= 0.3 is 0 Å². The van der Waals surface area contributed by atoms with Crippen LogP contribution in [0.3, 0.4) is 0 Å². The number of amides is 1. The van der Waals surface area contributed by atoms with Gasteiger partial charge in [-0.1, -0.05) is 26.0 Å². The third-order valence-electron chi connectivity index (χ3n) is 3.91. The molecule has 0 bridgehead atoms. The molecule has 0 aromatic heterocycles. The third kappa shape index (κ3) is 2.25. The number of nitrogens with one attached hydrogen (secondary N) is 1. The summed E-state index contributed by atoms with van der Waals surface area (Å²) in [4.78, 5) is 14.4. The highest BCUT2D eigenvalue weighted by atomic mass is 19.1. The van der Waals surface area contributed by atoms with E-state index < -0.39 is 0 Å². The molecule has 0 radical (unpaired) electrons. The van der Waals surface area contributed by atoms with E-state index in [-0.39, 0.29) is 29.8 Å². The normalized spacial score (nSPS) is 27.4. The molecule has 19 heavy (non-hydrogen) atoms. The second-order valence-electron chi connectivity index (χ2n) is 5.82. The van der Waals surface area contributed by atoms with Crippen LogP contribution in [0.5, 0.6) is 0 Å². The molecular weight excluding hydrogens is 243 g/mol. The zero-order valence-electron chi connectivity index (χ0n) is 11.3. The van der Waals surface area contributed by atoms with Crippen LogP contribution in [-0.4, -0.2) is 22.9 Å². The Hall–Kier alpha value is -1.42. The highest BCUT2D eigenvalue weighted by Gasteiger charge is 2.47. The van der Waals surface area contributed by atoms with E-state index in [2.05, 4.69) is 5.32 Å². The van der Waals surface area contributed by atoms with Gasteiger partial charge in [-0.25, -0.2) is 4.39 Å². The molecule has 2 atom stereocenters. The molecule has 2 fully saturated rings. The van der Waals surface area contributed by atoms with Crippen LogP contribution in [0.15, 0.2) is 24.3 Å². The van der Waals surface area contributed by atoms with Crippen molar-refractivity contribution in [1.29, 1.82) is 0 Å². The van der Waals surface area contributed by atoms with E-state index in [9.17, 15) is 9.18 Å². The van der Waals surface area contributed by atoms with Gasteiger partial charge in [0.05, 0.1) is 6.04 Å². The molecule has 1 aromatic rings. The Morgan fingerprint density at radius 1 is 1.37 bits per heavy atom. The van der Waals surface area contributed by atoms with Gasteiger partial charge in [-0.2, -0.15) is 0 Å². The summed E-state index contributed by atoms with van der Waals surface area (Å²) in [6.07, 6.45) is 1.94. The molecule has 1 amide bonds. The van der Waals surface area contributed by atoms with Gasteiger partial charge in [0.25, 0.3) is 0 Å². The number of carbonyl (C=O) groups excluding carboxylic acids is 1. The van der Waals surface area contributed by atoms with Gasteiger partial charge in [0, 0.05) is 6.04 Å². The van der Waals surface area contributed by atoms with Crippen LogP contribution in [0.1, 0.15) is 38.4 Å². The van der Waals surface area contributed by atoms with Crippen LogP contribution in [0.2, 0.25) is 0 Å². The zero-order chi connectivity index (χ0) is 13.6. The molecule has 2 aliphatic rings. The van der Waals surface area contributed by atoms with Crippen LogP contribution in [0.25, 0.3) is 0 Å². The largest absolute Gasteiger partial charge is 0.319 e. The Morgan fingerprint density at radius 3 is 2.68 bits per heavy atom. The minimum absolute atomic E-state index is 0.158. The van der Waals surface area contributed by atoms with E-state index >= 15 is 0 Å². The summed E-state index contributed by atoms with van der Waals surface area (Å²) in [6, 6.07) is 6.70. The lowest BCUT2D eigenvalue weighted by Crippen LogP contribution is -2.35. The highest BCUT2D eigenvalue weighted by Crippen LogP contribution is 2.38. The number of carbonyl (C=O) groups is 1. The smallest absolute Gasteiger partial charge is 0.241 e. The van der Waals surface area contributed by atoms with Crippen molar-refractivity contribution in [3.05, 3.63) is 35.6 Å². The monoisotopic (exact) mass is 262 g/mol. The molecule has 4 heteroatoms. The Bertz CT molecular complexity index is 499. The van der Waals surface area contributed by atoms with Crippen LogP contribution < -0.4 is 5.32 Å². The van der Waals surface area contributed by atoms with Gasteiger partial charge in [-0.15, -0.1) is 0 Å². The second-order valence-corrected chi connectivity index (χ2v) is 5.82. The fourth-order valence-corrected chi connectivity index (χ4v) is 2.76. The maximum absolute atomic E-state index is 13.4. The Balaban J connectivity index is 1.92. The van der Waals surface area contributed by atoms with Crippen molar-refractivity contribution in [2.75, 3.05) is 0 Å². The minimum atomic E-state index is -0.254.